The summed E-state index contributed by atoms with van der Waals surface area (Å²) >= 11 is 0. The Morgan fingerprint density at radius 1 is 1.56 bits per heavy atom. The third-order valence-electron chi connectivity index (χ3n) is 2.11. The minimum absolute atomic E-state index is 0.164. The molecular weight excluding hydrogens is 212 g/mol. The second-order valence-electron chi connectivity index (χ2n) is 3.19. The van der Waals surface area contributed by atoms with Gasteiger partial charge in [0.15, 0.2) is 0 Å². The number of pyridine rings is 1. The van der Waals surface area contributed by atoms with Gasteiger partial charge in [-0.25, -0.2) is 4.98 Å². The van der Waals surface area contributed by atoms with Crippen LogP contribution in [0.5, 0.6) is 11.6 Å². The maximum Gasteiger partial charge on any atom is 0.320 e. The Labute approximate surface area is 93.0 Å². The molecule has 1 unspecified atom stereocenters. The van der Waals surface area contributed by atoms with Gasteiger partial charge >= 0.3 is 5.97 Å². The van der Waals surface area contributed by atoms with E-state index >= 15 is 0 Å². The van der Waals surface area contributed by atoms with E-state index in [0.717, 1.165) is 0 Å². The number of ether oxygens (including phenoxy) is 2. The van der Waals surface area contributed by atoms with Gasteiger partial charge in [0.05, 0.1) is 20.4 Å². The van der Waals surface area contributed by atoms with E-state index in [1.54, 1.807) is 6.07 Å². The van der Waals surface area contributed by atoms with E-state index < -0.39 is 12.0 Å². The fourth-order valence-electron chi connectivity index (χ4n) is 1.24. The molecule has 0 bridgehead atoms. The highest BCUT2D eigenvalue weighted by Gasteiger charge is 2.16. The summed E-state index contributed by atoms with van der Waals surface area (Å²) in [5, 5.41) is 8.72. The molecule has 1 aromatic rings. The Morgan fingerprint density at radius 2 is 2.25 bits per heavy atom. The Kier molecular flexibility index (Phi) is 4.07. The molecule has 0 spiro atoms. The van der Waals surface area contributed by atoms with Crippen molar-refractivity contribution in [2.45, 2.75) is 12.5 Å². The van der Waals surface area contributed by atoms with Crippen molar-refractivity contribution in [1.82, 2.24) is 4.98 Å². The van der Waals surface area contributed by atoms with Gasteiger partial charge < -0.3 is 20.3 Å². The first-order valence-corrected chi connectivity index (χ1v) is 4.63. The average molecular weight is 226 g/mol. The summed E-state index contributed by atoms with van der Waals surface area (Å²) < 4.78 is 10.0. The van der Waals surface area contributed by atoms with Crippen molar-refractivity contribution in [3.8, 4) is 11.6 Å². The van der Waals surface area contributed by atoms with Crippen molar-refractivity contribution in [3.63, 3.8) is 0 Å². The molecule has 0 saturated carbocycles. The van der Waals surface area contributed by atoms with Gasteiger partial charge in [-0.3, -0.25) is 4.79 Å². The molecule has 0 aliphatic heterocycles. The van der Waals surface area contributed by atoms with Gasteiger partial charge in [-0.05, 0) is 0 Å². The van der Waals surface area contributed by atoms with Crippen molar-refractivity contribution in [2.75, 3.05) is 14.2 Å². The zero-order valence-electron chi connectivity index (χ0n) is 9.14. The number of nitrogens with zero attached hydrogens (tertiary/aromatic N) is 1. The zero-order valence-corrected chi connectivity index (χ0v) is 9.14. The van der Waals surface area contributed by atoms with Crippen LogP contribution in [-0.4, -0.2) is 36.3 Å². The predicted molar refractivity (Wildman–Crippen MR) is 56.7 cm³/mol. The van der Waals surface area contributed by atoms with E-state index in [0.29, 0.717) is 17.2 Å². The lowest BCUT2D eigenvalue weighted by molar-refractivity contribution is -0.138. The molecule has 3 N–H and O–H groups in total. The first-order chi connectivity index (χ1) is 7.58. The summed E-state index contributed by atoms with van der Waals surface area (Å²) in [5.41, 5.74) is 6.10. The van der Waals surface area contributed by atoms with Crippen molar-refractivity contribution < 1.29 is 19.4 Å². The van der Waals surface area contributed by atoms with Gasteiger partial charge in [0.2, 0.25) is 5.88 Å². The van der Waals surface area contributed by atoms with Gasteiger partial charge in [-0.15, -0.1) is 0 Å². The molecule has 0 aromatic carbocycles. The van der Waals surface area contributed by atoms with Gasteiger partial charge in [-0.1, -0.05) is 0 Å². The van der Waals surface area contributed by atoms with E-state index in [9.17, 15) is 4.79 Å². The molecule has 0 aliphatic carbocycles. The number of rotatable bonds is 5. The molecule has 0 radical (unpaired) electrons. The Morgan fingerprint density at radius 3 is 2.75 bits per heavy atom. The van der Waals surface area contributed by atoms with Crippen LogP contribution in [0.2, 0.25) is 0 Å². The smallest absolute Gasteiger partial charge is 0.320 e. The fourth-order valence-corrected chi connectivity index (χ4v) is 1.24. The highest BCUT2D eigenvalue weighted by Crippen LogP contribution is 2.22. The van der Waals surface area contributed by atoms with E-state index in [1.807, 2.05) is 0 Å². The average Bonchev–Trinajstić information content (AvgIpc) is 2.28. The predicted octanol–water partition coefficient (Wildman–Crippen LogP) is 0.0532. The second-order valence-corrected chi connectivity index (χ2v) is 3.19. The number of nitrogens with two attached hydrogens (primary N) is 1. The van der Waals surface area contributed by atoms with Crippen LogP contribution in [0.15, 0.2) is 12.3 Å². The second kappa shape index (κ2) is 5.32. The van der Waals surface area contributed by atoms with E-state index in [-0.39, 0.29) is 6.42 Å². The topological polar surface area (TPSA) is 94.7 Å². The number of carbonyl (C=O) groups is 1. The Bertz CT molecular complexity index is 381. The first kappa shape index (κ1) is 12.3. The number of hydrogen-bond acceptors (Lipinski definition) is 5. The molecule has 1 heterocycles. The molecule has 1 atom stereocenters. The highest BCUT2D eigenvalue weighted by atomic mass is 16.5. The number of methoxy groups -OCH3 is 2. The Balaban J connectivity index is 2.95. The largest absolute Gasteiger partial charge is 0.495 e. The van der Waals surface area contributed by atoms with Crippen LogP contribution in [0, 0.1) is 0 Å². The third kappa shape index (κ3) is 2.83. The maximum absolute atomic E-state index is 10.6. The number of hydrogen-bond donors (Lipinski definition) is 2. The molecular formula is C10H14N2O4. The molecule has 88 valence electrons. The number of aliphatic carboxylic acids is 1. The summed E-state index contributed by atoms with van der Waals surface area (Å²) in [6, 6.07) is 0.641. The molecule has 16 heavy (non-hydrogen) atoms. The molecule has 1 aromatic heterocycles. The lowest BCUT2D eigenvalue weighted by atomic mass is 10.1. The van der Waals surface area contributed by atoms with Crippen LogP contribution >= 0.6 is 0 Å². The van der Waals surface area contributed by atoms with Gasteiger partial charge in [0.1, 0.15) is 11.8 Å². The van der Waals surface area contributed by atoms with Crippen molar-refractivity contribution >= 4 is 5.97 Å². The van der Waals surface area contributed by atoms with Crippen molar-refractivity contribution in [1.29, 1.82) is 0 Å². The number of aromatic nitrogens is 1. The van der Waals surface area contributed by atoms with Crippen LogP contribution in [0.4, 0.5) is 0 Å². The summed E-state index contributed by atoms with van der Waals surface area (Å²) in [6.07, 6.45) is 1.64. The van der Waals surface area contributed by atoms with Crippen molar-refractivity contribution in [2.24, 2.45) is 5.73 Å². The summed E-state index contributed by atoms with van der Waals surface area (Å²) in [4.78, 5) is 14.6. The van der Waals surface area contributed by atoms with E-state index in [2.05, 4.69) is 4.98 Å². The normalized spacial score (nSPS) is 11.9. The molecule has 1 rings (SSSR count). The molecule has 0 aliphatic rings. The van der Waals surface area contributed by atoms with Gasteiger partial charge in [0.25, 0.3) is 0 Å². The number of carboxylic acids is 1. The lowest BCUT2D eigenvalue weighted by Gasteiger charge is -2.11. The zero-order chi connectivity index (χ0) is 12.1. The maximum atomic E-state index is 10.6. The molecule has 6 nitrogen and oxygen atoms in total. The van der Waals surface area contributed by atoms with E-state index in [4.69, 9.17) is 20.3 Å². The van der Waals surface area contributed by atoms with Crippen LogP contribution in [0.1, 0.15) is 5.56 Å². The Hall–Kier alpha value is -1.82. The number of carboxylic acid groups (broad SMARTS) is 1. The van der Waals surface area contributed by atoms with Gasteiger partial charge in [0, 0.05) is 18.1 Å². The van der Waals surface area contributed by atoms with Crippen LogP contribution in [0.25, 0.3) is 0 Å². The minimum Gasteiger partial charge on any atom is -0.495 e. The highest BCUT2D eigenvalue weighted by molar-refractivity contribution is 5.73. The van der Waals surface area contributed by atoms with Crippen LogP contribution < -0.4 is 15.2 Å². The standard InChI is InChI=1S/C10H14N2O4/c1-15-8-5-12-9(16-2)4-6(8)3-7(11)10(13)14/h4-5,7H,3,11H2,1-2H3,(H,13,14). The molecule has 0 amide bonds. The quantitative estimate of drug-likeness (QED) is 0.736. The molecule has 0 fully saturated rings. The van der Waals surface area contributed by atoms with Crippen LogP contribution in [0.3, 0.4) is 0 Å². The van der Waals surface area contributed by atoms with Crippen molar-refractivity contribution in [3.05, 3.63) is 17.8 Å². The monoisotopic (exact) mass is 226 g/mol. The molecule has 6 heteroatoms. The van der Waals surface area contributed by atoms with E-state index in [1.165, 1.54) is 20.4 Å². The minimum atomic E-state index is -1.06. The SMILES string of the molecule is COc1cc(CC(N)C(=O)O)c(OC)cn1. The third-order valence-corrected chi connectivity index (χ3v) is 2.11. The lowest BCUT2D eigenvalue weighted by Crippen LogP contribution is -2.32. The summed E-state index contributed by atoms with van der Waals surface area (Å²) in [6.45, 7) is 0. The van der Waals surface area contributed by atoms with Gasteiger partial charge in [-0.2, -0.15) is 0 Å². The van der Waals surface area contributed by atoms with Crippen LogP contribution in [-0.2, 0) is 11.2 Å². The summed E-state index contributed by atoms with van der Waals surface area (Å²) in [7, 11) is 2.97. The summed E-state index contributed by atoms with van der Waals surface area (Å²) in [5.74, 6) is -0.163. The molecule has 0 saturated heterocycles. The first-order valence-electron chi connectivity index (χ1n) is 4.63. The fraction of sp³-hybridized carbons (Fsp3) is 0.400.